The molecule has 0 radical (unpaired) electrons. The zero-order valence-electron chi connectivity index (χ0n) is 6.76. The lowest BCUT2D eigenvalue weighted by molar-refractivity contribution is -0.112. The number of rotatable bonds is 4. The summed E-state index contributed by atoms with van der Waals surface area (Å²) in [4.78, 5) is 20.2. The number of nitrogens with one attached hydrogen (secondary N) is 2. The largest absolute Gasteiger partial charge is 0.353 e. The van der Waals surface area contributed by atoms with Gasteiger partial charge >= 0.3 is 0 Å². The van der Waals surface area contributed by atoms with Gasteiger partial charge in [0.15, 0.2) is 9.84 Å². The topological polar surface area (TPSA) is 92.3 Å². The quantitative estimate of drug-likeness (QED) is 0.503. The Morgan fingerprint density at radius 2 is 1.38 bits per heavy atom. The lowest BCUT2D eigenvalue weighted by Crippen LogP contribution is -2.46. The average Bonchev–Trinajstić information content (AvgIpc) is 2.28. The van der Waals surface area contributed by atoms with E-state index in [1.54, 1.807) is 0 Å². The molecule has 0 aromatic heterocycles. The van der Waals surface area contributed by atoms with Crippen molar-refractivity contribution in [2.45, 2.75) is 12.1 Å². The number of sulfone groups is 1. The third-order valence-corrected chi connectivity index (χ3v) is 3.65. The van der Waals surface area contributed by atoms with Gasteiger partial charge in [-0.2, -0.15) is 0 Å². The van der Waals surface area contributed by atoms with Crippen molar-refractivity contribution < 1.29 is 18.0 Å². The number of carbonyl (C=O) groups is 2. The van der Waals surface area contributed by atoms with E-state index in [0.717, 1.165) is 0 Å². The van der Waals surface area contributed by atoms with E-state index in [1.807, 2.05) is 0 Å². The highest BCUT2D eigenvalue weighted by Gasteiger charge is 2.37. The molecular weight excluding hydrogens is 196 g/mol. The summed E-state index contributed by atoms with van der Waals surface area (Å²) in [7, 11) is -3.13. The molecule has 1 rings (SSSR count). The second-order valence-electron chi connectivity index (χ2n) is 2.86. The second kappa shape index (κ2) is 3.73. The first-order chi connectivity index (χ1) is 6.09. The molecule has 0 aromatic rings. The molecule has 0 aliphatic carbocycles. The molecule has 2 N–H and O–H groups in total. The maximum absolute atomic E-state index is 11.1. The van der Waals surface area contributed by atoms with Crippen LogP contribution in [0.3, 0.4) is 0 Å². The van der Waals surface area contributed by atoms with Gasteiger partial charge in [0.05, 0.1) is 23.6 Å². The molecule has 1 fully saturated rings. The van der Waals surface area contributed by atoms with Crippen molar-refractivity contribution in [3.05, 3.63) is 0 Å². The van der Waals surface area contributed by atoms with Crippen molar-refractivity contribution >= 4 is 22.7 Å². The third kappa shape index (κ3) is 2.41. The lowest BCUT2D eigenvalue weighted by Gasteiger charge is -2.15. The van der Waals surface area contributed by atoms with Gasteiger partial charge in [0.2, 0.25) is 12.8 Å². The van der Waals surface area contributed by atoms with Crippen molar-refractivity contribution in [3.8, 4) is 0 Å². The first-order valence-corrected chi connectivity index (χ1v) is 5.51. The molecule has 13 heavy (non-hydrogen) atoms. The maximum atomic E-state index is 11.1. The number of carbonyl (C=O) groups excluding carboxylic acids is 2. The minimum Gasteiger partial charge on any atom is -0.353 e. The van der Waals surface area contributed by atoms with Crippen molar-refractivity contribution in [1.29, 1.82) is 0 Å². The fourth-order valence-electron chi connectivity index (χ4n) is 1.35. The molecule has 1 aliphatic heterocycles. The van der Waals surface area contributed by atoms with Crippen LogP contribution >= 0.6 is 0 Å². The normalized spacial score (nSPS) is 30.8. The zero-order chi connectivity index (χ0) is 9.90. The summed E-state index contributed by atoms with van der Waals surface area (Å²) in [6, 6.07) is -1.01. The Morgan fingerprint density at radius 1 is 1.00 bits per heavy atom. The molecule has 74 valence electrons. The molecule has 1 aliphatic rings. The number of hydrogen-bond acceptors (Lipinski definition) is 4. The van der Waals surface area contributed by atoms with Gasteiger partial charge in [0.25, 0.3) is 0 Å². The summed E-state index contributed by atoms with van der Waals surface area (Å²) >= 11 is 0. The van der Waals surface area contributed by atoms with E-state index in [-0.39, 0.29) is 11.5 Å². The monoisotopic (exact) mass is 206 g/mol. The molecular formula is C6H10N2O4S. The minimum atomic E-state index is -3.13. The molecule has 7 heteroatoms. The second-order valence-corrected chi connectivity index (χ2v) is 5.01. The van der Waals surface area contributed by atoms with Crippen molar-refractivity contribution in [3.63, 3.8) is 0 Å². The standard InChI is InChI=1S/C6H10N2O4S/c9-3-7-5-1-13(11,12)2-6(5)8-4-10/h3-6H,1-2H2,(H,7,9)(H,8,10)/t5-,6-/m0/s1. The van der Waals surface area contributed by atoms with E-state index in [2.05, 4.69) is 10.6 Å². The van der Waals surface area contributed by atoms with Gasteiger partial charge in [-0.25, -0.2) is 8.42 Å². The smallest absolute Gasteiger partial charge is 0.207 e. The van der Waals surface area contributed by atoms with E-state index in [9.17, 15) is 18.0 Å². The Kier molecular flexibility index (Phi) is 2.86. The van der Waals surface area contributed by atoms with Gasteiger partial charge in [-0.3, -0.25) is 9.59 Å². The van der Waals surface area contributed by atoms with Gasteiger partial charge in [-0.15, -0.1) is 0 Å². The molecule has 1 saturated heterocycles. The molecule has 6 nitrogen and oxygen atoms in total. The summed E-state index contributed by atoms with van der Waals surface area (Å²) < 4.78 is 22.2. The van der Waals surface area contributed by atoms with E-state index in [4.69, 9.17) is 0 Å². The van der Waals surface area contributed by atoms with Gasteiger partial charge in [-0.05, 0) is 0 Å². The van der Waals surface area contributed by atoms with Crippen molar-refractivity contribution in [2.24, 2.45) is 0 Å². The summed E-state index contributed by atoms with van der Waals surface area (Å²) in [6.07, 6.45) is 0.871. The molecule has 0 bridgehead atoms. The summed E-state index contributed by atoms with van der Waals surface area (Å²) in [5.41, 5.74) is 0. The Balaban J connectivity index is 2.70. The molecule has 2 atom stereocenters. The van der Waals surface area contributed by atoms with Crippen LogP contribution in [0.1, 0.15) is 0 Å². The van der Waals surface area contributed by atoms with Crippen LogP contribution in [-0.4, -0.2) is 44.8 Å². The van der Waals surface area contributed by atoms with Gasteiger partial charge in [-0.1, -0.05) is 0 Å². The van der Waals surface area contributed by atoms with Crippen molar-refractivity contribution in [2.75, 3.05) is 11.5 Å². The SMILES string of the molecule is O=CN[C@H]1CS(=O)(=O)C[C@@H]1NC=O. The Bertz CT molecular complexity index is 276. The molecule has 0 saturated carbocycles. The Morgan fingerprint density at radius 3 is 1.69 bits per heavy atom. The van der Waals surface area contributed by atoms with E-state index < -0.39 is 21.9 Å². The maximum Gasteiger partial charge on any atom is 0.207 e. The average molecular weight is 206 g/mol. The van der Waals surface area contributed by atoms with E-state index >= 15 is 0 Å². The summed E-state index contributed by atoms with van der Waals surface area (Å²) in [5.74, 6) is -0.228. The summed E-state index contributed by atoms with van der Waals surface area (Å²) in [6.45, 7) is 0. The van der Waals surface area contributed by atoms with Crippen LogP contribution in [0.25, 0.3) is 0 Å². The fourth-order valence-corrected chi connectivity index (χ4v) is 3.24. The molecule has 0 unspecified atom stereocenters. The predicted octanol–water partition coefficient (Wildman–Crippen LogP) is -2.36. The molecule has 2 amide bonds. The van der Waals surface area contributed by atoms with Gasteiger partial charge in [0.1, 0.15) is 0 Å². The zero-order valence-corrected chi connectivity index (χ0v) is 7.58. The Hall–Kier alpha value is -1.11. The fraction of sp³-hybridized carbons (Fsp3) is 0.667. The van der Waals surface area contributed by atoms with Crippen LogP contribution in [0.2, 0.25) is 0 Å². The van der Waals surface area contributed by atoms with Gasteiger partial charge in [0, 0.05) is 0 Å². The van der Waals surface area contributed by atoms with Crippen LogP contribution in [-0.2, 0) is 19.4 Å². The predicted molar refractivity (Wildman–Crippen MR) is 44.6 cm³/mol. The first kappa shape index (κ1) is 9.97. The highest BCUT2D eigenvalue weighted by molar-refractivity contribution is 7.91. The summed E-state index contributed by atoms with van der Waals surface area (Å²) in [5, 5.41) is 4.71. The van der Waals surface area contributed by atoms with E-state index in [0.29, 0.717) is 12.8 Å². The Labute approximate surface area is 75.6 Å². The highest BCUT2D eigenvalue weighted by atomic mass is 32.2. The molecule has 0 aromatic carbocycles. The number of hydrogen-bond donors (Lipinski definition) is 2. The van der Waals surface area contributed by atoms with Crippen LogP contribution in [0.15, 0.2) is 0 Å². The molecule has 1 heterocycles. The van der Waals surface area contributed by atoms with Crippen molar-refractivity contribution in [1.82, 2.24) is 10.6 Å². The first-order valence-electron chi connectivity index (χ1n) is 3.69. The lowest BCUT2D eigenvalue weighted by atomic mass is 10.2. The van der Waals surface area contributed by atoms with Gasteiger partial charge < -0.3 is 10.6 Å². The molecule has 0 spiro atoms. The number of amides is 2. The highest BCUT2D eigenvalue weighted by Crippen LogP contribution is 2.11. The third-order valence-electron chi connectivity index (χ3n) is 1.92. The van der Waals surface area contributed by atoms with Crippen LogP contribution in [0, 0.1) is 0 Å². The van der Waals surface area contributed by atoms with E-state index in [1.165, 1.54) is 0 Å². The van der Waals surface area contributed by atoms with Crippen LogP contribution in [0.4, 0.5) is 0 Å². The minimum absolute atomic E-state index is 0.114. The van der Waals surface area contributed by atoms with Crippen LogP contribution < -0.4 is 10.6 Å². The van der Waals surface area contributed by atoms with Crippen LogP contribution in [0.5, 0.6) is 0 Å².